The molecular weight excluding hydrogens is 382 g/mol. The van der Waals surface area contributed by atoms with Crippen LogP contribution in [0, 0.1) is 0 Å². The molecule has 0 radical (unpaired) electrons. The van der Waals surface area contributed by atoms with Crippen LogP contribution in [0.1, 0.15) is 23.0 Å². The fraction of sp³-hybridized carbons (Fsp3) is 0.174. The van der Waals surface area contributed by atoms with Crippen molar-refractivity contribution >= 4 is 21.1 Å². The van der Waals surface area contributed by atoms with Crippen molar-refractivity contribution in [1.29, 1.82) is 0 Å². The second kappa shape index (κ2) is 7.13. The molecular formula is C23H21N3O2S. The van der Waals surface area contributed by atoms with E-state index in [1.54, 1.807) is 28.6 Å². The number of aromatic nitrogens is 2. The van der Waals surface area contributed by atoms with Gasteiger partial charge < -0.3 is 4.98 Å². The summed E-state index contributed by atoms with van der Waals surface area (Å²) in [6, 6.07) is 24.4. The van der Waals surface area contributed by atoms with Gasteiger partial charge >= 0.3 is 0 Å². The highest BCUT2D eigenvalue weighted by Crippen LogP contribution is 2.36. The van der Waals surface area contributed by atoms with Crippen LogP contribution >= 0.6 is 0 Å². The summed E-state index contributed by atoms with van der Waals surface area (Å²) >= 11 is 0. The molecule has 1 aromatic heterocycles. The summed E-state index contributed by atoms with van der Waals surface area (Å²) in [5, 5.41) is 0. The highest BCUT2D eigenvalue weighted by Gasteiger charge is 2.36. The van der Waals surface area contributed by atoms with E-state index in [0.717, 1.165) is 22.4 Å². The van der Waals surface area contributed by atoms with E-state index in [9.17, 15) is 8.42 Å². The van der Waals surface area contributed by atoms with Crippen molar-refractivity contribution in [2.45, 2.75) is 23.8 Å². The zero-order chi connectivity index (χ0) is 19.8. The maximum Gasteiger partial charge on any atom is 0.243 e. The van der Waals surface area contributed by atoms with Gasteiger partial charge in [0.05, 0.1) is 22.0 Å². The molecule has 1 atom stereocenters. The van der Waals surface area contributed by atoms with Crippen LogP contribution in [0.15, 0.2) is 83.8 Å². The van der Waals surface area contributed by atoms with Gasteiger partial charge in [0.1, 0.15) is 5.82 Å². The van der Waals surface area contributed by atoms with Gasteiger partial charge in [0.15, 0.2) is 0 Å². The molecule has 4 aromatic rings. The van der Waals surface area contributed by atoms with Crippen LogP contribution in [-0.2, 0) is 22.9 Å². The van der Waals surface area contributed by atoms with Crippen LogP contribution in [0.3, 0.4) is 0 Å². The maximum atomic E-state index is 13.5. The number of para-hydroxylation sites is 2. The standard InChI is InChI=1S/C23H21N3O2S/c27-29(28,18-9-2-1-3-10-18)26-15-14-17-8-4-5-11-19(17)22(26)16-23-24-20-12-6-7-13-21(20)25-23/h1-13,22H,14-16H2,(H,24,25)/t22-/m1/s1. The topological polar surface area (TPSA) is 66.1 Å². The Morgan fingerprint density at radius 1 is 0.931 bits per heavy atom. The molecule has 5 nitrogen and oxygen atoms in total. The zero-order valence-electron chi connectivity index (χ0n) is 15.8. The summed E-state index contributed by atoms with van der Waals surface area (Å²) < 4.78 is 28.6. The molecule has 1 aliphatic heterocycles. The maximum absolute atomic E-state index is 13.5. The lowest BCUT2D eigenvalue weighted by Gasteiger charge is -2.36. The molecule has 0 spiro atoms. The molecule has 0 fully saturated rings. The second-order valence-electron chi connectivity index (χ2n) is 7.30. The van der Waals surface area contributed by atoms with Crippen LogP contribution < -0.4 is 0 Å². The third-order valence-electron chi connectivity index (χ3n) is 5.54. The average Bonchev–Trinajstić information content (AvgIpc) is 3.17. The Morgan fingerprint density at radius 3 is 2.48 bits per heavy atom. The number of rotatable bonds is 4. The van der Waals surface area contributed by atoms with Gasteiger partial charge in [0.2, 0.25) is 10.0 Å². The van der Waals surface area contributed by atoms with Gasteiger partial charge in [-0.05, 0) is 41.8 Å². The van der Waals surface area contributed by atoms with E-state index in [2.05, 4.69) is 11.1 Å². The van der Waals surface area contributed by atoms with E-state index < -0.39 is 10.0 Å². The van der Waals surface area contributed by atoms with Crippen LogP contribution in [-0.4, -0.2) is 29.2 Å². The van der Waals surface area contributed by atoms with E-state index in [-0.39, 0.29) is 6.04 Å². The number of nitrogens with one attached hydrogen (secondary N) is 1. The largest absolute Gasteiger partial charge is 0.342 e. The van der Waals surface area contributed by atoms with Crippen molar-refractivity contribution < 1.29 is 8.42 Å². The smallest absolute Gasteiger partial charge is 0.243 e. The molecule has 0 saturated heterocycles. The van der Waals surface area contributed by atoms with Crippen molar-refractivity contribution in [2.75, 3.05) is 6.54 Å². The van der Waals surface area contributed by atoms with E-state index in [4.69, 9.17) is 4.98 Å². The minimum atomic E-state index is -3.61. The van der Waals surface area contributed by atoms with Gasteiger partial charge in [0, 0.05) is 13.0 Å². The molecule has 1 N–H and O–H groups in total. The minimum absolute atomic E-state index is 0.300. The number of fused-ring (bicyclic) bond motifs is 2. The van der Waals surface area contributed by atoms with E-state index in [1.165, 1.54) is 5.56 Å². The number of hydrogen-bond donors (Lipinski definition) is 1. The van der Waals surface area contributed by atoms with Gasteiger partial charge in [-0.25, -0.2) is 13.4 Å². The molecule has 29 heavy (non-hydrogen) atoms. The van der Waals surface area contributed by atoms with Gasteiger partial charge in [-0.1, -0.05) is 54.6 Å². The molecule has 5 rings (SSSR count). The average molecular weight is 404 g/mol. The Bertz CT molecular complexity index is 1230. The summed E-state index contributed by atoms with van der Waals surface area (Å²) in [5.74, 6) is 0.793. The van der Waals surface area contributed by atoms with Crippen LogP contribution in [0.5, 0.6) is 0 Å². The Morgan fingerprint density at radius 2 is 1.66 bits per heavy atom. The number of H-pyrrole nitrogens is 1. The normalized spacial score (nSPS) is 17.3. The van der Waals surface area contributed by atoms with Gasteiger partial charge in [0.25, 0.3) is 0 Å². The minimum Gasteiger partial charge on any atom is -0.342 e. The molecule has 0 aliphatic carbocycles. The lowest BCUT2D eigenvalue weighted by Crippen LogP contribution is -2.41. The summed E-state index contributed by atoms with van der Waals surface area (Å²) in [7, 11) is -3.61. The van der Waals surface area contributed by atoms with Crippen molar-refractivity contribution in [3.8, 4) is 0 Å². The summed E-state index contributed by atoms with van der Waals surface area (Å²) in [6.07, 6.45) is 1.20. The first-order valence-electron chi connectivity index (χ1n) is 9.71. The Labute approximate surface area is 170 Å². The number of imidazole rings is 1. The quantitative estimate of drug-likeness (QED) is 0.558. The lowest BCUT2D eigenvalue weighted by atomic mass is 9.92. The zero-order valence-corrected chi connectivity index (χ0v) is 16.6. The first-order chi connectivity index (χ1) is 14.1. The highest BCUT2D eigenvalue weighted by atomic mass is 32.2. The molecule has 2 heterocycles. The Hall–Kier alpha value is -2.96. The molecule has 6 heteroatoms. The molecule has 0 saturated carbocycles. The summed E-state index contributed by atoms with van der Waals surface area (Å²) in [5.41, 5.74) is 4.11. The molecule has 3 aromatic carbocycles. The first kappa shape index (κ1) is 18.1. The number of nitrogens with zero attached hydrogens (tertiary/aromatic N) is 2. The summed E-state index contributed by atoms with van der Waals surface area (Å²) in [6.45, 7) is 0.457. The second-order valence-corrected chi connectivity index (χ2v) is 9.19. The summed E-state index contributed by atoms with van der Waals surface area (Å²) in [4.78, 5) is 8.37. The fourth-order valence-electron chi connectivity index (χ4n) is 4.14. The van der Waals surface area contributed by atoms with E-state index in [0.29, 0.717) is 24.3 Å². The Balaban J connectivity index is 1.59. The molecule has 146 valence electrons. The van der Waals surface area contributed by atoms with E-state index >= 15 is 0 Å². The predicted molar refractivity (Wildman–Crippen MR) is 113 cm³/mol. The van der Waals surface area contributed by atoms with Crippen molar-refractivity contribution in [3.63, 3.8) is 0 Å². The van der Waals surface area contributed by atoms with Gasteiger partial charge in [-0.15, -0.1) is 0 Å². The van der Waals surface area contributed by atoms with Gasteiger partial charge in [-0.3, -0.25) is 0 Å². The Kier molecular flexibility index (Phi) is 4.45. The van der Waals surface area contributed by atoms with Crippen LogP contribution in [0.25, 0.3) is 11.0 Å². The molecule has 0 bridgehead atoms. The fourth-order valence-corrected chi connectivity index (χ4v) is 5.77. The highest BCUT2D eigenvalue weighted by molar-refractivity contribution is 7.89. The monoisotopic (exact) mass is 403 g/mol. The number of sulfonamides is 1. The number of hydrogen-bond acceptors (Lipinski definition) is 3. The molecule has 0 amide bonds. The van der Waals surface area contributed by atoms with Crippen LogP contribution in [0.2, 0.25) is 0 Å². The lowest BCUT2D eigenvalue weighted by molar-refractivity contribution is 0.303. The molecule has 1 aliphatic rings. The van der Waals surface area contributed by atoms with Crippen molar-refractivity contribution in [2.24, 2.45) is 0 Å². The van der Waals surface area contributed by atoms with E-state index in [1.807, 2.05) is 48.5 Å². The predicted octanol–water partition coefficient (Wildman–Crippen LogP) is 4.09. The molecule has 0 unspecified atom stereocenters. The first-order valence-corrected chi connectivity index (χ1v) is 11.2. The SMILES string of the molecule is O=S(=O)(c1ccccc1)N1CCc2ccccc2[C@H]1Cc1nc2ccccc2[nH]1. The third kappa shape index (κ3) is 3.24. The van der Waals surface area contributed by atoms with Crippen LogP contribution in [0.4, 0.5) is 0 Å². The third-order valence-corrected chi connectivity index (χ3v) is 7.46. The van der Waals surface area contributed by atoms with Gasteiger partial charge in [-0.2, -0.15) is 4.31 Å². The number of benzene rings is 3. The number of aromatic amines is 1. The van der Waals surface area contributed by atoms with Crippen molar-refractivity contribution in [1.82, 2.24) is 14.3 Å². The van der Waals surface area contributed by atoms with Crippen molar-refractivity contribution in [3.05, 3.63) is 95.8 Å².